The molecule has 0 bridgehead atoms. The minimum absolute atomic E-state index is 0.0127. The number of para-hydroxylation sites is 1. The smallest absolute Gasteiger partial charge is 0.221 e. The lowest BCUT2D eigenvalue weighted by atomic mass is 9.97. The third-order valence-corrected chi connectivity index (χ3v) is 4.95. The zero-order valence-electron chi connectivity index (χ0n) is 14.6. The second-order valence-electron chi connectivity index (χ2n) is 6.63. The summed E-state index contributed by atoms with van der Waals surface area (Å²) in [5.74, 6) is 1.11. The van der Waals surface area contributed by atoms with Gasteiger partial charge in [0.25, 0.3) is 0 Å². The molecule has 4 rings (SSSR count). The van der Waals surface area contributed by atoms with E-state index in [2.05, 4.69) is 21.0 Å². The molecule has 26 heavy (non-hydrogen) atoms. The van der Waals surface area contributed by atoms with E-state index in [1.54, 1.807) is 13.2 Å². The quantitative estimate of drug-likeness (QED) is 0.713. The van der Waals surface area contributed by atoms with Crippen LogP contribution >= 0.6 is 0 Å². The van der Waals surface area contributed by atoms with Gasteiger partial charge in [0.15, 0.2) is 5.78 Å². The first kappa shape index (κ1) is 16.4. The Labute approximate surface area is 151 Å². The molecule has 2 heterocycles. The lowest BCUT2D eigenvalue weighted by molar-refractivity contribution is 0.0971. The molecule has 0 aliphatic heterocycles. The number of pyridine rings is 1. The number of aromatic nitrogens is 3. The molecule has 0 fully saturated rings. The molecule has 132 valence electrons. The fraction of sp³-hybridized carbons (Fsp3) is 0.300. The lowest BCUT2D eigenvalue weighted by Crippen LogP contribution is -2.10. The summed E-state index contributed by atoms with van der Waals surface area (Å²) in [5.41, 5.74) is 9.23. The van der Waals surface area contributed by atoms with E-state index in [1.165, 1.54) is 5.56 Å². The number of methoxy groups -OCH3 is 1. The average Bonchev–Trinajstić information content (AvgIpc) is 3.08. The number of anilines is 1. The molecule has 6 nitrogen and oxygen atoms in total. The van der Waals surface area contributed by atoms with Crippen LogP contribution in [0.15, 0.2) is 36.5 Å². The number of nitrogen functional groups attached to an aromatic ring is 1. The number of fused-ring (bicyclic) bond motifs is 2. The Bertz CT molecular complexity index is 962. The zero-order chi connectivity index (χ0) is 18.1. The van der Waals surface area contributed by atoms with Gasteiger partial charge in [0.05, 0.1) is 7.11 Å². The van der Waals surface area contributed by atoms with Crippen LogP contribution in [-0.4, -0.2) is 27.8 Å². The number of hydrogen-bond acceptors (Lipinski definition) is 6. The van der Waals surface area contributed by atoms with E-state index in [4.69, 9.17) is 10.5 Å². The van der Waals surface area contributed by atoms with Gasteiger partial charge in [-0.15, -0.1) is 0 Å². The Morgan fingerprint density at radius 2 is 2.12 bits per heavy atom. The number of nitrogens with two attached hydrogens (primary N) is 1. The summed E-state index contributed by atoms with van der Waals surface area (Å²) in [6.07, 6.45) is 4.99. The number of rotatable bonds is 5. The highest BCUT2D eigenvalue weighted by Crippen LogP contribution is 2.30. The second-order valence-corrected chi connectivity index (χ2v) is 6.63. The van der Waals surface area contributed by atoms with E-state index in [-0.39, 0.29) is 11.7 Å². The van der Waals surface area contributed by atoms with Crippen molar-refractivity contribution in [2.45, 2.75) is 25.7 Å². The molecule has 1 aliphatic rings. The van der Waals surface area contributed by atoms with Crippen molar-refractivity contribution in [1.82, 2.24) is 15.0 Å². The summed E-state index contributed by atoms with van der Waals surface area (Å²) in [4.78, 5) is 25.7. The van der Waals surface area contributed by atoms with E-state index in [9.17, 15) is 4.79 Å². The molecule has 1 aliphatic carbocycles. The van der Waals surface area contributed by atoms with Crippen LogP contribution in [0, 0.1) is 5.92 Å². The predicted octanol–water partition coefficient (Wildman–Crippen LogP) is 2.99. The van der Waals surface area contributed by atoms with Gasteiger partial charge < -0.3 is 10.5 Å². The summed E-state index contributed by atoms with van der Waals surface area (Å²) in [5, 5.41) is 0.680. The maximum atomic E-state index is 12.8. The van der Waals surface area contributed by atoms with Gasteiger partial charge in [-0.25, -0.2) is 9.97 Å². The summed E-state index contributed by atoms with van der Waals surface area (Å²) >= 11 is 0. The highest BCUT2D eigenvalue weighted by Gasteiger charge is 2.24. The Morgan fingerprint density at radius 3 is 2.92 bits per heavy atom. The fourth-order valence-corrected chi connectivity index (χ4v) is 3.68. The monoisotopic (exact) mass is 348 g/mol. The highest BCUT2D eigenvalue weighted by molar-refractivity contribution is 6.07. The first-order valence-corrected chi connectivity index (χ1v) is 8.72. The van der Waals surface area contributed by atoms with Crippen LogP contribution in [0.5, 0.6) is 5.75 Å². The van der Waals surface area contributed by atoms with E-state index in [1.807, 2.05) is 24.4 Å². The third kappa shape index (κ3) is 2.98. The van der Waals surface area contributed by atoms with Crippen LogP contribution in [0.2, 0.25) is 0 Å². The maximum absolute atomic E-state index is 12.8. The van der Waals surface area contributed by atoms with Crippen LogP contribution in [0.4, 0.5) is 5.95 Å². The van der Waals surface area contributed by atoms with Crippen molar-refractivity contribution < 1.29 is 9.53 Å². The minimum atomic E-state index is -0.0127. The molecular weight excluding hydrogens is 328 g/mol. The maximum Gasteiger partial charge on any atom is 0.221 e. The van der Waals surface area contributed by atoms with Crippen molar-refractivity contribution in [3.05, 3.63) is 53.5 Å². The highest BCUT2D eigenvalue weighted by atomic mass is 16.5. The molecule has 0 amide bonds. The largest absolute Gasteiger partial charge is 0.494 e. The minimum Gasteiger partial charge on any atom is -0.494 e. The van der Waals surface area contributed by atoms with E-state index in [0.717, 1.165) is 25.0 Å². The predicted molar refractivity (Wildman–Crippen MR) is 99.2 cm³/mol. The molecule has 0 saturated heterocycles. The summed E-state index contributed by atoms with van der Waals surface area (Å²) in [7, 11) is 1.57. The van der Waals surface area contributed by atoms with Crippen LogP contribution in [-0.2, 0) is 12.8 Å². The molecule has 0 spiro atoms. The van der Waals surface area contributed by atoms with Crippen molar-refractivity contribution in [2.75, 3.05) is 12.8 Å². The number of carbonyl (C=O) groups is 1. The number of ether oxygens (including phenoxy) is 1. The van der Waals surface area contributed by atoms with E-state index >= 15 is 0 Å². The van der Waals surface area contributed by atoms with Crippen molar-refractivity contribution >= 4 is 22.6 Å². The third-order valence-electron chi connectivity index (χ3n) is 4.95. The molecule has 1 unspecified atom stereocenters. The summed E-state index contributed by atoms with van der Waals surface area (Å²) in [6.45, 7) is 0. The van der Waals surface area contributed by atoms with Crippen molar-refractivity contribution in [1.29, 1.82) is 0 Å². The Hall–Kier alpha value is -3.02. The Kier molecular flexibility index (Phi) is 4.24. The van der Waals surface area contributed by atoms with Gasteiger partial charge in [-0.2, -0.15) is 0 Å². The molecule has 1 aromatic carbocycles. The molecular formula is C20H20N4O2. The molecule has 3 aromatic rings. The lowest BCUT2D eigenvalue weighted by Gasteiger charge is -2.10. The van der Waals surface area contributed by atoms with E-state index in [0.29, 0.717) is 34.7 Å². The molecule has 6 heteroatoms. The normalized spacial score (nSPS) is 15.8. The van der Waals surface area contributed by atoms with Gasteiger partial charge in [-0.3, -0.25) is 9.78 Å². The van der Waals surface area contributed by atoms with Crippen LogP contribution in [0.25, 0.3) is 10.9 Å². The number of Topliss-reactive ketones (excluding diaryl/α,β-unsaturated/α-hetero) is 1. The molecule has 2 N–H and O–H groups in total. The number of benzene rings is 1. The molecule has 2 aromatic heterocycles. The van der Waals surface area contributed by atoms with Gasteiger partial charge in [-0.05, 0) is 42.9 Å². The number of hydrogen-bond donors (Lipinski definition) is 1. The topological polar surface area (TPSA) is 91.0 Å². The van der Waals surface area contributed by atoms with Gasteiger partial charge in [0.2, 0.25) is 5.95 Å². The van der Waals surface area contributed by atoms with Gasteiger partial charge in [-0.1, -0.05) is 18.2 Å². The average molecular weight is 348 g/mol. The summed E-state index contributed by atoms with van der Waals surface area (Å²) < 4.78 is 5.33. The van der Waals surface area contributed by atoms with Crippen LogP contribution < -0.4 is 10.5 Å². The Balaban J connectivity index is 1.54. The molecule has 0 radical (unpaired) electrons. The summed E-state index contributed by atoms with van der Waals surface area (Å²) in [6, 6.07) is 9.55. The number of carbonyl (C=O) groups excluding carboxylic acids is 1. The van der Waals surface area contributed by atoms with Gasteiger partial charge >= 0.3 is 0 Å². The van der Waals surface area contributed by atoms with Gasteiger partial charge in [0.1, 0.15) is 17.0 Å². The molecule has 0 saturated carbocycles. The second kappa shape index (κ2) is 6.71. The SMILES string of the molecule is COc1cccc2c(C(=O)CCC3Cc4cccnc4C3)nc(N)nc12. The molecule has 1 atom stereocenters. The number of ketones is 1. The van der Waals surface area contributed by atoms with Gasteiger partial charge in [0, 0.05) is 23.7 Å². The Morgan fingerprint density at radius 1 is 1.23 bits per heavy atom. The number of nitrogens with zero attached hydrogens (tertiary/aromatic N) is 3. The van der Waals surface area contributed by atoms with Crippen LogP contribution in [0.1, 0.15) is 34.6 Å². The fourth-order valence-electron chi connectivity index (χ4n) is 3.68. The first-order valence-electron chi connectivity index (χ1n) is 8.72. The standard InChI is InChI=1S/C20H20N4O2/c1-26-17-6-2-5-14-18(23-20(21)24-19(14)17)16(25)8-7-12-10-13-4-3-9-22-15(13)11-12/h2-6,9,12H,7-8,10-11H2,1H3,(H2,21,23,24). The van der Waals surface area contributed by atoms with Crippen LogP contribution in [0.3, 0.4) is 0 Å². The van der Waals surface area contributed by atoms with Crippen molar-refractivity contribution in [3.8, 4) is 5.75 Å². The van der Waals surface area contributed by atoms with E-state index < -0.39 is 0 Å². The van der Waals surface area contributed by atoms with Crippen molar-refractivity contribution in [2.24, 2.45) is 5.92 Å². The van der Waals surface area contributed by atoms with Crippen molar-refractivity contribution in [3.63, 3.8) is 0 Å². The first-order chi connectivity index (χ1) is 12.7. The zero-order valence-corrected chi connectivity index (χ0v) is 14.6.